The van der Waals surface area contributed by atoms with Gasteiger partial charge in [-0.05, 0) is 44.2 Å². The number of aliphatic imine (C=N–C) groups is 1. The number of benzene rings is 1. The number of rotatable bonds is 7. The summed E-state index contributed by atoms with van der Waals surface area (Å²) in [6.45, 7) is 5.00. The molecule has 3 unspecified atom stereocenters. The Bertz CT molecular complexity index is 884. The Labute approximate surface area is 187 Å². The lowest BCUT2D eigenvalue weighted by molar-refractivity contribution is -0.135. The van der Waals surface area contributed by atoms with Crippen LogP contribution in [0, 0.1) is 5.92 Å². The Kier molecular flexibility index (Phi) is 6.57. The molecule has 2 aliphatic heterocycles. The Balaban J connectivity index is 1.41. The first-order valence-corrected chi connectivity index (χ1v) is 12.0. The Morgan fingerprint density at radius 3 is 2.84 bits per heavy atom. The lowest BCUT2D eigenvalue weighted by Crippen LogP contribution is -2.40. The van der Waals surface area contributed by atoms with E-state index >= 15 is 0 Å². The van der Waals surface area contributed by atoms with Crippen LogP contribution in [0.25, 0.3) is 0 Å². The van der Waals surface area contributed by atoms with Gasteiger partial charge in [-0.25, -0.2) is 0 Å². The smallest absolute Gasteiger partial charge is 0.247 e. The van der Waals surface area contributed by atoms with E-state index in [2.05, 4.69) is 4.99 Å². The molecule has 0 aromatic heterocycles. The van der Waals surface area contributed by atoms with Gasteiger partial charge in [0.05, 0.1) is 18.8 Å². The van der Waals surface area contributed by atoms with Crippen LogP contribution in [-0.2, 0) is 9.59 Å². The van der Waals surface area contributed by atoms with E-state index in [-0.39, 0.29) is 30.3 Å². The number of hydrogen-bond acceptors (Lipinski definition) is 6. The first-order valence-electron chi connectivity index (χ1n) is 11.0. The van der Waals surface area contributed by atoms with Crippen LogP contribution in [0.15, 0.2) is 23.2 Å². The van der Waals surface area contributed by atoms with E-state index < -0.39 is 6.10 Å². The van der Waals surface area contributed by atoms with Crippen LogP contribution in [0.1, 0.15) is 56.3 Å². The Morgan fingerprint density at radius 2 is 2.19 bits per heavy atom. The molecule has 3 atom stereocenters. The van der Waals surface area contributed by atoms with Crippen LogP contribution < -0.4 is 4.74 Å². The number of likely N-dealkylation sites (N-methyl/N-ethyl adjacent to an activating group) is 1. The number of likely N-dealkylation sites (tertiary alicyclic amines) is 1. The molecule has 168 valence electrons. The lowest BCUT2D eigenvalue weighted by atomic mass is 9.95. The Hall–Kier alpha value is -2.06. The molecule has 0 bridgehead atoms. The first-order chi connectivity index (χ1) is 14.8. The number of thioether (sulfide) groups is 1. The molecule has 8 heteroatoms. The minimum Gasteiger partial charge on any atom is -0.493 e. The second-order valence-electron chi connectivity index (χ2n) is 8.93. The van der Waals surface area contributed by atoms with Crippen LogP contribution in [0.2, 0.25) is 0 Å². The molecule has 0 radical (unpaired) electrons. The van der Waals surface area contributed by atoms with Gasteiger partial charge in [0, 0.05) is 37.2 Å². The van der Waals surface area contributed by atoms with Crippen molar-refractivity contribution >= 4 is 28.7 Å². The minimum absolute atomic E-state index is 0.00940. The predicted octanol–water partition coefficient (Wildman–Crippen LogP) is 2.79. The summed E-state index contributed by atoms with van der Waals surface area (Å²) in [7, 11) is 1.72. The molecule has 7 nitrogen and oxygen atoms in total. The quantitative estimate of drug-likeness (QED) is 0.698. The van der Waals surface area contributed by atoms with Gasteiger partial charge in [0.15, 0.2) is 5.17 Å². The van der Waals surface area contributed by atoms with Gasteiger partial charge in [0.2, 0.25) is 11.8 Å². The topological polar surface area (TPSA) is 82.4 Å². The molecule has 1 N–H and O–H groups in total. The van der Waals surface area contributed by atoms with Crippen LogP contribution in [0.4, 0.5) is 0 Å². The van der Waals surface area contributed by atoms with Gasteiger partial charge in [0.25, 0.3) is 0 Å². The van der Waals surface area contributed by atoms with Crippen molar-refractivity contribution in [3.8, 4) is 5.75 Å². The van der Waals surface area contributed by atoms with Crippen LogP contribution in [0.3, 0.4) is 0 Å². The summed E-state index contributed by atoms with van der Waals surface area (Å²) < 4.78 is 6.00. The van der Waals surface area contributed by atoms with Crippen LogP contribution in [0.5, 0.6) is 5.75 Å². The van der Waals surface area contributed by atoms with E-state index in [0.29, 0.717) is 31.2 Å². The fourth-order valence-corrected chi connectivity index (χ4v) is 4.95. The van der Waals surface area contributed by atoms with Gasteiger partial charge in [0.1, 0.15) is 12.3 Å². The highest BCUT2D eigenvalue weighted by Gasteiger charge is 2.34. The standard InChI is InChI=1S/C23H31N3O4S/c1-14-13-31-23(24-14)25(3)22(29)11-26-10-18(9-21(26)28)17-6-7-19(15(2)27)20(8-17)30-12-16-4-5-16/h6-8,14-16,18,27H,4-5,9-13H2,1-3H3. The van der Waals surface area contributed by atoms with Crippen molar-refractivity contribution in [2.45, 2.75) is 51.2 Å². The second-order valence-corrected chi connectivity index (χ2v) is 9.91. The summed E-state index contributed by atoms with van der Waals surface area (Å²) in [5, 5.41) is 10.8. The van der Waals surface area contributed by atoms with Crippen molar-refractivity contribution in [2.24, 2.45) is 10.9 Å². The number of nitrogens with zero attached hydrogens (tertiary/aromatic N) is 3. The van der Waals surface area contributed by atoms with Gasteiger partial charge >= 0.3 is 0 Å². The third-order valence-electron chi connectivity index (χ3n) is 6.12. The lowest BCUT2D eigenvalue weighted by Gasteiger charge is -2.21. The molecule has 2 fully saturated rings. The summed E-state index contributed by atoms with van der Waals surface area (Å²) in [6.07, 6.45) is 2.15. The zero-order chi connectivity index (χ0) is 22.1. The number of ether oxygens (including phenoxy) is 1. The maximum absolute atomic E-state index is 12.7. The van der Waals surface area contributed by atoms with Crippen molar-refractivity contribution in [2.75, 3.05) is 32.5 Å². The molecular weight excluding hydrogens is 414 g/mol. The fourth-order valence-electron chi connectivity index (χ4n) is 3.93. The number of hydrogen-bond donors (Lipinski definition) is 1. The molecule has 1 saturated heterocycles. The molecular formula is C23H31N3O4S. The van der Waals surface area contributed by atoms with Gasteiger partial charge < -0.3 is 14.7 Å². The molecule has 1 saturated carbocycles. The second kappa shape index (κ2) is 9.20. The molecule has 4 rings (SSSR count). The van der Waals surface area contributed by atoms with E-state index in [0.717, 1.165) is 22.0 Å². The van der Waals surface area contributed by atoms with Crippen molar-refractivity contribution < 1.29 is 19.4 Å². The summed E-state index contributed by atoms with van der Waals surface area (Å²) in [5.74, 6) is 2.07. The summed E-state index contributed by atoms with van der Waals surface area (Å²) in [6, 6.07) is 6.04. The van der Waals surface area contributed by atoms with Crippen molar-refractivity contribution in [3.05, 3.63) is 29.3 Å². The maximum Gasteiger partial charge on any atom is 0.247 e. The Morgan fingerprint density at radius 1 is 1.42 bits per heavy atom. The molecule has 2 heterocycles. The molecule has 1 aliphatic carbocycles. The average molecular weight is 446 g/mol. The number of aliphatic hydroxyl groups excluding tert-OH is 1. The fraction of sp³-hybridized carbons (Fsp3) is 0.609. The molecule has 3 aliphatic rings. The number of aliphatic hydroxyl groups is 1. The third-order valence-corrected chi connectivity index (χ3v) is 7.40. The molecule has 0 spiro atoms. The highest BCUT2D eigenvalue weighted by atomic mass is 32.2. The van der Waals surface area contributed by atoms with Crippen molar-refractivity contribution in [3.63, 3.8) is 0 Å². The highest BCUT2D eigenvalue weighted by molar-refractivity contribution is 8.14. The first kappa shape index (κ1) is 22.1. The monoisotopic (exact) mass is 445 g/mol. The summed E-state index contributed by atoms with van der Waals surface area (Å²) in [4.78, 5) is 33.0. The predicted molar refractivity (Wildman–Crippen MR) is 121 cm³/mol. The largest absolute Gasteiger partial charge is 0.493 e. The normalized spacial score (nSPS) is 24.3. The minimum atomic E-state index is -0.614. The van der Waals surface area contributed by atoms with E-state index in [9.17, 15) is 14.7 Å². The molecule has 31 heavy (non-hydrogen) atoms. The zero-order valence-electron chi connectivity index (χ0n) is 18.4. The van der Waals surface area contributed by atoms with E-state index in [1.165, 1.54) is 12.8 Å². The summed E-state index contributed by atoms with van der Waals surface area (Å²) >= 11 is 1.58. The SMILES string of the molecule is CC1CSC(N(C)C(=O)CN2CC(c3ccc(C(C)O)c(OCC4CC4)c3)CC2=O)=N1. The van der Waals surface area contributed by atoms with Crippen molar-refractivity contribution in [1.82, 2.24) is 9.80 Å². The molecule has 1 aromatic carbocycles. The van der Waals surface area contributed by atoms with Crippen LogP contribution in [-0.4, -0.2) is 70.4 Å². The van der Waals surface area contributed by atoms with E-state index in [1.807, 2.05) is 25.1 Å². The van der Waals surface area contributed by atoms with Gasteiger partial charge in [-0.1, -0.05) is 23.9 Å². The van der Waals surface area contributed by atoms with E-state index in [1.54, 1.807) is 35.5 Å². The van der Waals surface area contributed by atoms with Gasteiger partial charge in [-0.3, -0.25) is 19.5 Å². The summed E-state index contributed by atoms with van der Waals surface area (Å²) in [5.41, 5.74) is 1.78. The average Bonchev–Trinajstić information content (AvgIpc) is 3.37. The van der Waals surface area contributed by atoms with Crippen molar-refractivity contribution in [1.29, 1.82) is 0 Å². The number of carbonyl (C=O) groups excluding carboxylic acids is 2. The highest BCUT2D eigenvalue weighted by Crippen LogP contribution is 2.36. The van der Waals surface area contributed by atoms with Gasteiger partial charge in [-0.2, -0.15) is 0 Å². The third kappa shape index (κ3) is 5.23. The number of carbonyl (C=O) groups is 2. The zero-order valence-corrected chi connectivity index (χ0v) is 19.2. The van der Waals surface area contributed by atoms with E-state index in [4.69, 9.17) is 4.74 Å². The van der Waals surface area contributed by atoms with Crippen LogP contribution >= 0.6 is 11.8 Å². The van der Waals surface area contributed by atoms with Gasteiger partial charge in [-0.15, -0.1) is 0 Å². The maximum atomic E-state index is 12.7. The number of amidine groups is 1. The molecule has 1 aromatic rings. The number of amides is 2. The molecule has 2 amide bonds.